The average molecular weight is 264 g/mol. The Labute approximate surface area is 113 Å². The van der Waals surface area contributed by atoms with Gasteiger partial charge in [-0.2, -0.15) is 0 Å². The minimum absolute atomic E-state index is 0.0800. The summed E-state index contributed by atoms with van der Waals surface area (Å²) in [5, 5.41) is 6.16. The summed E-state index contributed by atoms with van der Waals surface area (Å²) < 4.78 is 0. The van der Waals surface area contributed by atoms with Crippen LogP contribution in [0.15, 0.2) is 29.2 Å². The zero-order valence-corrected chi connectivity index (χ0v) is 11.7. The molecule has 0 radical (unpaired) electrons. The molecule has 0 fully saturated rings. The highest BCUT2D eigenvalue weighted by molar-refractivity contribution is 7.99. The molecule has 2 N–H and O–H groups in total. The molecule has 1 heterocycles. The van der Waals surface area contributed by atoms with Crippen molar-refractivity contribution >= 4 is 17.7 Å². The first-order valence-corrected chi connectivity index (χ1v) is 7.43. The molecule has 98 valence electrons. The lowest BCUT2D eigenvalue weighted by Gasteiger charge is -2.17. The van der Waals surface area contributed by atoms with Crippen LogP contribution < -0.4 is 10.6 Å². The number of thioether (sulfide) groups is 1. The Morgan fingerprint density at radius 3 is 3.06 bits per heavy atom. The number of hydrogen-bond acceptors (Lipinski definition) is 3. The van der Waals surface area contributed by atoms with Gasteiger partial charge in [0.25, 0.3) is 0 Å². The lowest BCUT2D eigenvalue weighted by molar-refractivity contribution is -0.122. The maximum atomic E-state index is 11.6. The molecule has 0 spiro atoms. The van der Waals surface area contributed by atoms with E-state index in [1.54, 1.807) is 0 Å². The molecule has 0 bridgehead atoms. The molecular formula is C14H20N2OS. The van der Waals surface area contributed by atoms with Crippen LogP contribution in [0.3, 0.4) is 0 Å². The van der Waals surface area contributed by atoms with Crippen LogP contribution in [0.1, 0.15) is 25.3 Å². The first kappa shape index (κ1) is 13.4. The second-order valence-corrected chi connectivity index (χ2v) is 5.63. The second kappa shape index (κ2) is 6.25. The van der Waals surface area contributed by atoms with Gasteiger partial charge in [0.1, 0.15) is 0 Å². The van der Waals surface area contributed by atoms with Crippen LogP contribution in [0.2, 0.25) is 0 Å². The fourth-order valence-electron chi connectivity index (χ4n) is 2.14. The molecule has 0 saturated heterocycles. The number of benzene rings is 1. The van der Waals surface area contributed by atoms with Crippen LogP contribution >= 0.6 is 11.8 Å². The van der Waals surface area contributed by atoms with Gasteiger partial charge < -0.3 is 10.6 Å². The summed E-state index contributed by atoms with van der Waals surface area (Å²) in [5.74, 6) is 1.70. The minimum atomic E-state index is -0.122. The first-order chi connectivity index (χ1) is 8.72. The molecule has 1 amide bonds. The highest BCUT2D eigenvalue weighted by Gasteiger charge is 2.23. The lowest BCUT2D eigenvalue weighted by atomic mass is 10.0. The molecule has 1 aromatic rings. The van der Waals surface area contributed by atoms with E-state index in [0.717, 1.165) is 12.3 Å². The zero-order valence-electron chi connectivity index (χ0n) is 10.9. The van der Waals surface area contributed by atoms with Crippen molar-refractivity contribution in [2.45, 2.75) is 30.7 Å². The highest BCUT2D eigenvalue weighted by Crippen LogP contribution is 2.38. The second-order valence-electron chi connectivity index (χ2n) is 4.57. The first-order valence-electron chi connectivity index (χ1n) is 6.45. The fraction of sp³-hybridized carbons (Fsp3) is 0.500. The molecule has 0 aliphatic carbocycles. The van der Waals surface area contributed by atoms with Crippen LogP contribution in [-0.4, -0.2) is 30.8 Å². The number of likely N-dealkylation sites (N-methyl/N-ethyl adjacent to an activating group) is 1. The predicted octanol–water partition coefficient (Wildman–Crippen LogP) is 1.99. The van der Waals surface area contributed by atoms with Crippen LogP contribution in [0.25, 0.3) is 0 Å². The lowest BCUT2D eigenvalue weighted by Crippen LogP contribution is -2.43. The van der Waals surface area contributed by atoms with Gasteiger partial charge in [0.2, 0.25) is 5.91 Å². The van der Waals surface area contributed by atoms with Crippen molar-refractivity contribution < 1.29 is 4.79 Å². The Hall–Kier alpha value is -1.00. The quantitative estimate of drug-likeness (QED) is 0.854. The molecule has 4 heteroatoms. The normalized spacial score (nSPS) is 19.3. The summed E-state index contributed by atoms with van der Waals surface area (Å²) in [4.78, 5) is 13.0. The third-order valence-corrected chi connectivity index (χ3v) is 4.47. The molecule has 0 aromatic heterocycles. The van der Waals surface area contributed by atoms with Gasteiger partial charge in [-0.1, -0.05) is 18.2 Å². The van der Waals surface area contributed by atoms with Gasteiger partial charge in [-0.15, -0.1) is 11.8 Å². The molecule has 2 atom stereocenters. The monoisotopic (exact) mass is 264 g/mol. The van der Waals surface area contributed by atoms with Gasteiger partial charge in [0.15, 0.2) is 0 Å². The van der Waals surface area contributed by atoms with Crippen molar-refractivity contribution in [3.63, 3.8) is 0 Å². The third-order valence-electron chi connectivity index (χ3n) is 3.21. The number of fused-ring (bicyclic) bond motifs is 1. The molecule has 1 aliphatic heterocycles. The predicted molar refractivity (Wildman–Crippen MR) is 76.1 cm³/mol. The van der Waals surface area contributed by atoms with E-state index in [1.807, 2.05) is 25.6 Å². The molecule has 3 nitrogen and oxygen atoms in total. The van der Waals surface area contributed by atoms with Crippen molar-refractivity contribution in [1.82, 2.24) is 10.6 Å². The maximum Gasteiger partial charge on any atom is 0.236 e. The van der Waals surface area contributed by atoms with Crippen LogP contribution in [0.4, 0.5) is 0 Å². The number of rotatable bonds is 5. The van der Waals surface area contributed by atoms with E-state index in [2.05, 4.69) is 34.9 Å². The van der Waals surface area contributed by atoms with Gasteiger partial charge in [-0.05, 0) is 25.5 Å². The summed E-state index contributed by atoms with van der Waals surface area (Å²) >= 11 is 1.91. The van der Waals surface area contributed by atoms with Gasteiger partial charge in [0.05, 0.1) is 6.04 Å². The van der Waals surface area contributed by atoms with Crippen LogP contribution in [0.5, 0.6) is 0 Å². The smallest absolute Gasteiger partial charge is 0.236 e. The number of hydrogen-bond donors (Lipinski definition) is 2. The van der Waals surface area contributed by atoms with Crippen LogP contribution in [0, 0.1) is 0 Å². The number of amides is 1. The van der Waals surface area contributed by atoms with E-state index < -0.39 is 0 Å². The molecule has 2 unspecified atom stereocenters. The van der Waals surface area contributed by atoms with E-state index in [4.69, 9.17) is 0 Å². The SMILES string of the molecule is CCNC(=O)C(C)NCC1CSc2ccccc21. The van der Waals surface area contributed by atoms with Crippen molar-refractivity contribution in [1.29, 1.82) is 0 Å². The third kappa shape index (κ3) is 3.06. The maximum absolute atomic E-state index is 11.6. The standard InChI is InChI=1S/C14H20N2OS/c1-3-15-14(17)10(2)16-8-11-9-18-13-7-5-4-6-12(11)13/h4-7,10-11,16H,3,8-9H2,1-2H3,(H,15,17). The van der Waals surface area contributed by atoms with Crippen molar-refractivity contribution in [2.24, 2.45) is 0 Å². The number of nitrogens with one attached hydrogen (secondary N) is 2. The van der Waals surface area contributed by atoms with E-state index >= 15 is 0 Å². The largest absolute Gasteiger partial charge is 0.355 e. The Bertz CT molecular complexity index is 422. The molecule has 2 rings (SSSR count). The van der Waals surface area contributed by atoms with Gasteiger partial charge in [0, 0.05) is 29.7 Å². The fourth-order valence-corrected chi connectivity index (χ4v) is 3.39. The Balaban J connectivity index is 1.87. The summed E-state index contributed by atoms with van der Waals surface area (Å²) in [5.41, 5.74) is 1.41. The van der Waals surface area contributed by atoms with E-state index in [1.165, 1.54) is 10.5 Å². The summed E-state index contributed by atoms with van der Waals surface area (Å²) in [6, 6.07) is 8.41. The van der Waals surface area contributed by atoms with E-state index in [-0.39, 0.29) is 11.9 Å². The Morgan fingerprint density at radius 1 is 1.50 bits per heavy atom. The Morgan fingerprint density at radius 2 is 2.28 bits per heavy atom. The van der Waals surface area contributed by atoms with E-state index in [9.17, 15) is 4.79 Å². The van der Waals surface area contributed by atoms with E-state index in [0.29, 0.717) is 12.5 Å². The summed E-state index contributed by atoms with van der Waals surface area (Å²) in [6.07, 6.45) is 0. The zero-order chi connectivity index (χ0) is 13.0. The minimum Gasteiger partial charge on any atom is -0.355 e. The number of carbonyl (C=O) groups excluding carboxylic acids is 1. The summed E-state index contributed by atoms with van der Waals surface area (Å²) in [7, 11) is 0. The highest BCUT2D eigenvalue weighted by atomic mass is 32.2. The van der Waals surface area contributed by atoms with Gasteiger partial charge in [-0.3, -0.25) is 4.79 Å². The van der Waals surface area contributed by atoms with Crippen molar-refractivity contribution in [3.05, 3.63) is 29.8 Å². The molecule has 1 aromatic carbocycles. The van der Waals surface area contributed by atoms with Crippen molar-refractivity contribution in [2.75, 3.05) is 18.8 Å². The molecule has 1 aliphatic rings. The number of carbonyl (C=O) groups is 1. The molecule has 18 heavy (non-hydrogen) atoms. The van der Waals surface area contributed by atoms with Gasteiger partial charge in [-0.25, -0.2) is 0 Å². The molecular weight excluding hydrogens is 244 g/mol. The van der Waals surface area contributed by atoms with Crippen molar-refractivity contribution in [3.8, 4) is 0 Å². The van der Waals surface area contributed by atoms with Gasteiger partial charge >= 0.3 is 0 Å². The van der Waals surface area contributed by atoms with Crippen LogP contribution in [-0.2, 0) is 4.79 Å². The Kier molecular flexibility index (Phi) is 4.66. The molecule has 0 saturated carbocycles. The topological polar surface area (TPSA) is 41.1 Å². The average Bonchev–Trinajstić information content (AvgIpc) is 2.79. The summed E-state index contributed by atoms with van der Waals surface area (Å²) in [6.45, 7) is 5.41.